The Morgan fingerprint density at radius 3 is 2.35 bits per heavy atom. The summed E-state index contributed by atoms with van der Waals surface area (Å²) in [6.07, 6.45) is 0.153. The molecule has 0 aliphatic carbocycles. The SMILES string of the molecule is COc1cc(C)c(C(O)Cc2ccccc2C)cc1C. The molecule has 0 aliphatic heterocycles. The summed E-state index contributed by atoms with van der Waals surface area (Å²) in [6, 6.07) is 12.2. The molecule has 2 nitrogen and oxygen atoms in total. The molecule has 1 N–H and O–H groups in total. The third-order valence-electron chi connectivity index (χ3n) is 3.82. The summed E-state index contributed by atoms with van der Waals surface area (Å²) in [6.45, 7) is 6.09. The van der Waals surface area contributed by atoms with Gasteiger partial charge < -0.3 is 9.84 Å². The van der Waals surface area contributed by atoms with Crippen molar-refractivity contribution >= 4 is 0 Å². The molecule has 2 aromatic carbocycles. The van der Waals surface area contributed by atoms with Crippen molar-refractivity contribution in [3.05, 3.63) is 64.2 Å². The van der Waals surface area contributed by atoms with Gasteiger partial charge in [0.15, 0.2) is 0 Å². The Balaban J connectivity index is 2.28. The fourth-order valence-electron chi connectivity index (χ4n) is 2.55. The minimum absolute atomic E-state index is 0.485. The fraction of sp³-hybridized carbons (Fsp3) is 0.333. The van der Waals surface area contributed by atoms with Crippen LogP contribution in [0.15, 0.2) is 36.4 Å². The van der Waals surface area contributed by atoms with Crippen molar-refractivity contribution in [3.63, 3.8) is 0 Å². The molecule has 2 heteroatoms. The van der Waals surface area contributed by atoms with E-state index < -0.39 is 6.10 Å². The number of rotatable bonds is 4. The fourth-order valence-corrected chi connectivity index (χ4v) is 2.55. The predicted octanol–water partition coefficient (Wildman–Crippen LogP) is 3.90. The third kappa shape index (κ3) is 3.02. The number of methoxy groups -OCH3 is 1. The monoisotopic (exact) mass is 270 g/mol. The molecule has 2 rings (SSSR count). The van der Waals surface area contributed by atoms with E-state index in [4.69, 9.17) is 4.74 Å². The minimum Gasteiger partial charge on any atom is -0.496 e. The van der Waals surface area contributed by atoms with Crippen molar-refractivity contribution in [1.82, 2.24) is 0 Å². The Morgan fingerprint density at radius 2 is 1.70 bits per heavy atom. The first-order valence-corrected chi connectivity index (χ1v) is 6.90. The summed E-state index contributed by atoms with van der Waals surface area (Å²) in [5.41, 5.74) is 5.50. The summed E-state index contributed by atoms with van der Waals surface area (Å²) in [5.74, 6) is 0.870. The molecular formula is C18H22O2. The Bertz CT molecular complexity index is 602. The highest BCUT2D eigenvalue weighted by atomic mass is 16.5. The van der Waals surface area contributed by atoms with E-state index in [1.807, 2.05) is 38.1 Å². The number of hydrogen-bond donors (Lipinski definition) is 1. The van der Waals surface area contributed by atoms with E-state index in [0.717, 1.165) is 22.4 Å². The maximum absolute atomic E-state index is 10.5. The zero-order valence-corrected chi connectivity index (χ0v) is 12.6. The molecule has 0 aliphatic rings. The van der Waals surface area contributed by atoms with Crippen LogP contribution in [0.5, 0.6) is 5.75 Å². The zero-order chi connectivity index (χ0) is 14.7. The number of aliphatic hydroxyl groups excluding tert-OH is 1. The van der Waals surface area contributed by atoms with Crippen molar-refractivity contribution < 1.29 is 9.84 Å². The van der Waals surface area contributed by atoms with E-state index in [1.165, 1.54) is 11.1 Å². The van der Waals surface area contributed by atoms with Crippen molar-refractivity contribution in [2.24, 2.45) is 0 Å². The van der Waals surface area contributed by atoms with Gasteiger partial charge in [0, 0.05) is 6.42 Å². The molecule has 106 valence electrons. The van der Waals surface area contributed by atoms with Crippen LogP contribution in [-0.2, 0) is 6.42 Å². The van der Waals surface area contributed by atoms with Crippen LogP contribution in [0.25, 0.3) is 0 Å². The maximum atomic E-state index is 10.5. The average Bonchev–Trinajstić information content (AvgIpc) is 2.43. The lowest BCUT2D eigenvalue weighted by atomic mass is 9.94. The van der Waals surface area contributed by atoms with Gasteiger partial charge >= 0.3 is 0 Å². The molecule has 2 aromatic rings. The van der Waals surface area contributed by atoms with Crippen LogP contribution >= 0.6 is 0 Å². The summed E-state index contributed by atoms with van der Waals surface area (Å²) < 4.78 is 5.32. The lowest BCUT2D eigenvalue weighted by Gasteiger charge is -2.17. The molecule has 1 unspecified atom stereocenters. The lowest BCUT2D eigenvalue weighted by molar-refractivity contribution is 0.177. The van der Waals surface area contributed by atoms with Gasteiger partial charge in [-0.3, -0.25) is 0 Å². The van der Waals surface area contributed by atoms with E-state index in [0.29, 0.717) is 6.42 Å². The number of aliphatic hydroxyl groups is 1. The topological polar surface area (TPSA) is 29.5 Å². The second-order valence-electron chi connectivity index (χ2n) is 5.32. The lowest BCUT2D eigenvalue weighted by Crippen LogP contribution is -2.06. The molecule has 0 amide bonds. The Kier molecular flexibility index (Phi) is 4.46. The number of ether oxygens (including phenoxy) is 1. The first-order chi connectivity index (χ1) is 9.52. The highest BCUT2D eigenvalue weighted by Crippen LogP contribution is 2.28. The van der Waals surface area contributed by atoms with Gasteiger partial charge in [0.25, 0.3) is 0 Å². The van der Waals surface area contributed by atoms with Crippen LogP contribution in [0.4, 0.5) is 0 Å². The van der Waals surface area contributed by atoms with Crippen LogP contribution in [0.2, 0.25) is 0 Å². The smallest absolute Gasteiger partial charge is 0.122 e. The van der Waals surface area contributed by atoms with E-state index in [1.54, 1.807) is 7.11 Å². The first kappa shape index (κ1) is 14.6. The second-order valence-corrected chi connectivity index (χ2v) is 5.32. The van der Waals surface area contributed by atoms with Gasteiger partial charge in [-0.2, -0.15) is 0 Å². The molecule has 0 radical (unpaired) electrons. The highest BCUT2D eigenvalue weighted by Gasteiger charge is 2.14. The Labute approximate surface area is 121 Å². The van der Waals surface area contributed by atoms with Crippen LogP contribution in [0.3, 0.4) is 0 Å². The quantitative estimate of drug-likeness (QED) is 0.913. The average molecular weight is 270 g/mol. The van der Waals surface area contributed by atoms with E-state index in [9.17, 15) is 5.11 Å². The normalized spacial score (nSPS) is 12.2. The second kappa shape index (κ2) is 6.10. The molecule has 0 aromatic heterocycles. The molecule has 0 saturated carbocycles. The Hall–Kier alpha value is -1.80. The van der Waals surface area contributed by atoms with E-state index >= 15 is 0 Å². The molecule has 0 fully saturated rings. The van der Waals surface area contributed by atoms with Gasteiger partial charge in [-0.05, 0) is 60.7 Å². The minimum atomic E-state index is -0.485. The predicted molar refractivity (Wildman–Crippen MR) is 82.3 cm³/mol. The van der Waals surface area contributed by atoms with Crippen LogP contribution in [0.1, 0.15) is 33.9 Å². The summed E-state index contributed by atoms with van der Waals surface area (Å²) >= 11 is 0. The first-order valence-electron chi connectivity index (χ1n) is 6.90. The molecule has 20 heavy (non-hydrogen) atoms. The molecule has 0 heterocycles. The van der Waals surface area contributed by atoms with Gasteiger partial charge in [-0.15, -0.1) is 0 Å². The van der Waals surface area contributed by atoms with Gasteiger partial charge in [0.2, 0.25) is 0 Å². The number of hydrogen-bond acceptors (Lipinski definition) is 2. The van der Waals surface area contributed by atoms with Crippen molar-refractivity contribution in [2.45, 2.75) is 33.3 Å². The highest BCUT2D eigenvalue weighted by molar-refractivity contribution is 5.43. The Morgan fingerprint density at radius 1 is 1.00 bits per heavy atom. The molecule has 0 saturated heterocycles. The standard InChI is InChI=1S/C18H22O2/c1-12-7-5-6-8-15(12)11-17(19)16-9-14(3)18(20-4)10-13(16)2/h5-10,17,19H,11H2,1-4H3. The van der Waals surface area contributed by atoms with Crippen molar-refractivity contribution in [3.8, 4) is 5.75 Å². The van der Waals surface area contributed by atoms with Gasteiger partial charge in [-0.1, -0.05) is 24.3 Å². The van der Waals surface area contributed by atoms with Gasteiger partial charge in [-0.25, -0.2) is 0 Å². The summed E-state index contributed by atoms with van der Waals surface area (Å²) in [4.78, 5) is 0. The number of benzene rings is 2. The van der Waals surface area contributed by atoms with Crippen molar-refractivity contribution in [1.29, 1.82) is 0 Å². The molecule has 0 bridgehead atoms. The van der Waals surface area contributed by atoms with Gasteiger partial charge in [0.1, 0.15) is 5.75 Å². The largest absolute Gasteiger partial charge is 0.496 e. The maximum Gasteiger partial charge on any atom is 0.122 e. The van der Waals surface area contributed by atoms with Crippen LogP contribution in [-0.4, -0.2) is 12.2 Å². The van der Waals surface area contributed by atoms with E-state index in [-0.39, 0.29) is 0 Å². The summed E-state index contributed by atoms with van der Waals surface area (Å²) in [7, 11) is 1.67. The third-order valence-corrected chi connectivity index (χ3v) is 3.82. The molecule has 1 atom stereocenters. The van der Waals surface area contributed by atoms with Crippen LogP contribution < -0.4 is 4.74 Å². The zero-order valence-electron chi connectivity index (χ0n) is 12.6. The van der Waals surface area contributed by atoms with Crippen LogP contribution in [0, 0.1) is 20.8 Å². The van der Waals surface area contributed by atoms with E-state index in [2.05, 4.69) is 19.1 Å². The number of aryl methyl sites for hydroxylation is 3. The summed E-state index contributed by atoms with van der Waals surface area (Å²) in [5, 5.41) is 10.5. The molecular weight excluding hydrogens is 248 g/mol. The van der Waals surface area contributed by atoms with Crippen molar-refractivity contribution in [2.75, 3.05) is 7.11 Å². The van der Waals surface area contributed by atoms with Gasteiger partial charge in [0.05, 0.1) is 13.2 Å². The molecule has 0 spiro atoms.